The molecule has 0 atom stereocenters. The van der Waals surface area contributed by atoms with E-state index >= 15 is 0 Å². The molecule has 23 heavy (non-hydrogen) atoms. The molecule has 122 valence electrons. The van der Waals surface area contributed by atoms with Crippen molar-refractivity contribution in [1.82, 2.24) is 0 Å². The van der Waals surface area contributed by atoms with Gasteiger partial charge in [-0.25, -0.2) is 0 Å². The predicted octanol–water partition coefficient (Wildman–Crippen LogP) is 4.91. The van der Waals surface area contributed by atoms with Crippen LogP contribution in [0.2, 0.25) is 5.02 Å². The summed E-state index contributed by atoms with van der Waals surface area (Å²) in [5.41, 5.74) is 3.88. The van der Waals surface area contributed by atoms with Crippen molar-refractivity contribution in [2.75, 3.05) is 11.9 Å². The molecule has 0 heterocycles. The van der Waals surface area contributed by atoms with Gasteiger partial charge < -0.3 is 9.64 Å². The van der Waals surface area contributed by atoms with E-state index in [1.807, 2.05) is 51.1 Å². The van der Waals surface area contributed by atoms with Gasteiger partial charge in [0.2, 0.25) is 5.91 Å². The summed E-state index contributed by atoms with van der Waals surface area (Å²) in [6.45, 7) is 6.23. The van der Waals surface area contributed by atoms with E-state index in [0.29, 0.717) is 18.1 Å². The summed E-state index contributed by atoms with van der Waals surface area (Å²) >= 11 is 6.33. The van der Waals surface area contributed by atoms with Crippen molar-refractivity contribution >= 4 is 23.2 Å². The Balaban J connectivity index is 2.27. The molecule has 0 fully saturated rings. The maximum absolute atomic E-state index is 12.0. The Hall–Kier alpha value is -2.00. The average molecular weight is 332 g/mol. The zero-order chi connectivity index (χ0) is 17.0. The monoisotopic (exact) mass is 331 g/mol. The zero-order valence-electron chi connectivity index (χ0n) is 14.0. The average Bonchev–Trinajstić information content (AvgIpc) is 2.53. The lowest BCUT2D eigenvalue weighted by Crippen LogP contribution is -2.26. The van der Waals surface area contributed by atoms with Crippen molar-refractivity contribution < 1.29 is 9.53 Å². The first-order chi connectivity index (χ1) is 10.9. The molecule has 2 aromatic carbocycles. The van der Waals surface area contributed by atoms with Crippen molar-refractivity contribution in [3.8, 4) is 5.75 Å². The van der Waals surface area contributed by atoms with Gasteiger partial charge in [0.15, 0.2) is 0 Å². The number of ether oxygens (including phenoxy) is 1. The smallest absolute Gasteiger partial charge is 0.226 e. The molecule has 0 saturated carbocycles. The number of rotatable bonds is 5. The Kier molecular flexibility index (Phi) is 5.67. The Labute approximate surface area is 142 Å². The van der Waals surface area contributed by atoms with Crippen LogP contribution in [0.15, 0.2) is 36.4 Å². The predicted molar refractivity (Wildman–Crippen MR) is 95.4 cm³/mol. The quantitative estimate of drug-likeness (QED) is 0.779. The molecule has 4 heteroatoms. The first-order valence-electron chi connectivity index (χ1n) is 7.68. The van der Waals surface area contributed by atoms with E-state index in [-0.39, 0.29) is 5.91 Å². The molecule has 0 aromatic heterocycles. The standard InChI is InChI=1S/C19H22ClNO2/c1-5-19(22)21(4)17-8-6-7-16(20)15(17)12-23-18-10-9-13(2)11-14(18)3/h6-11H,5,12H2,1-4H3. The van der Waals surface area contributed by atoms with Gasteiger partial charge in [-0.05, 0) is 37.6 Å². The molecule has 3 nitrogen and oxygen atoms in total. The van der Waals surface area contributed by atoms with Crippen LogP contribution in [0, 0.1) is 13.8 Å². The molecular weight excluding hydrogens is 310 g/mol. The van der Waals surface area contributed by atoms with Gasteiger partial charge in [0.25, 0.3) is 0 Å². The minimum Gasteiger partial charge on any atom is -0.488 e. The summed E-state index contributed by atoms with van der Waals surface area (Å²) in [6, 6.07) is 11.6. The summed E-state index contributed by atoms with van der Waals surface area (Å²) < 4.78 is 5.94. The van der Waals surface area contributed by atoms with Crippen molar-refractivity contribution in [1.29, 1.82) is 0 Å². The number of halogens is 1. The second kappa shape index (κ2) is 7.51. The van der Waals surface area contributed by atoms with Gasteiger partial charge in [-0.1, -0.05) is 42.3 Å². The Morgan fingerprint density at radius 2 is 1.96 bits per heavy atom. The largest absolute Gasteiger partial charge is 0.488 e. The Morgan fingerprint density at radius 1 is 1.22 bits per heavy atom. The van der Waals surface area contributed by atoms with E-state index < -0.39 is 0 Å². The molecule has 2 aromatic rings. The van der Waals surface area contributed by atoms with Crippen molar-refractivity contribution in [2.45, 2.75) is 33.8 Å². The molecule has 0 aliphatic heterocycles. The van der Waals surface area contributed by atoms with Gasteiger partial charge >= 0.3 is 0 Å². The maximum atomic E-state index is 12.0. The maximum Gasteiger partial charge on any atom is 0.226 e. The van der Waals surface area contributed by atoms with Crippen LogP contribution in [0.5, 0.6) is 5.75 Å². The number of carbonyl (C=O) groups is 1. The number of hydrogen-bond donors (Lipinski definition) is 0. The number of benzene rings is 2. The zero-order valence-corrected chi connectivity index (χ0v) is 14.8. The fourth-order valence-electron chi connectivity index (χ4n) is 2.49. The van der Waals surface area contributed by atoms with Crippen LogP contribution >= 0.6 is 11.6 Å². The molecule has 0 N–H and O–H groups in total. The molecule has 0 spiro atoms. The summed E-state index contributed by atoms with van der Waals surface area (Å²) in [5, 5.41) is 0.600. The minimum atomic E-state index is 0.0417. The normalized spacial score (nSPS) is 10.5. The van der Waals surface area contributed by atoms with E-state index in [2.05, 4.69) is 6.07 Å². The Morgan fingerprint density at radius 3 is 2.61 bits per heavy atom. The van der Waals surface area contributed by atoms with E-state index in [0.717, 1.165) is 22.6 Å². The fraction of sp³-hybridized carbons (Fsp3) is 0.316. The SMILES string of the molecule is CCC(=O)N(C)c1cccc(Cl)c1COc1ccc(C)cc1C. The Bertz CT molecular complexity index is 713. The third-order valence-corrected chi connectivity index (χ3v) is 4.19. The number of carbonyl (C=O) groups excluding carboxylic acids is 1. The van der Waals surface area contributed by atoms with Gasteiger partial charge in [0.05, 0.1) is 5.69 Å². The second-order valence-electron chi connectivity index (χ2n) is 5.60. The van der Waals surface area contributed by atoms with Gasteiger partial charge in [0.1, 0.15) is 12.4 Å². The highest BCUT2D eigenvalue weighted by atomic mass is 35.5. The van der Waals surface area contributed by atoms with Crippen molar-refractivity contribution in [3.05, 3.63) is 58.1 Å². The topological polar surface area (TPSA) is 29.5 Å². The number of amides is 1. The third kappa shape index (κ3) is 4.05. The summed E-state index contributed by atoms with van der Waals surface area (Å²) in [7, 11) is 1.76. The summed E-state index contributed by atoms with van der Waals surface area (Å²) in [4.78, 5) is 13.6. The van der Waals surface area contributed by atoms with E-state index in [1.165, 1.54) is 5.56 Å². The summed E-state index contributed by atoms with van der Waals surface area (Å²) in [5.74, 6) is 0.867. The highest BCUT2D eigenvalue weighted by Crippen LogP contribution is 2.29. The number of aryl methyl sites for hydroxylation is 2. The lowest BCUT2D eigenvalue weighted by Gasteiger charge is -2.21. The molecule has 2 rings (SSSR count). The van der Waals surface area contributed by atoms with Crippen LogP contribution in [0.4, 0.5) is 5.69 Å². The highest BCUT2D eigenvalue weighted by molar-refractivity contribution is 6.31. The molecule has 1 amide bonds. The van der Waals surface area contributed by atoms with E-state index in [4.69, 9.17) is 16.3 Å². The second-order valence-corrected chi connectivity index (χ2v) is 6.01. The number of hydrogen-bond acceptors (Lipinski definition) is 2. The highest BCUT2D eigenvalue weighted by Gasteiger charge is 2.16. The molecule has 0 bridgehead atoms. The summed E-state index contributed by atoms with van der Waals surface area (Å²) in [6.07, 6.45) is 0.445. The van der Waals surface area contributed by atoms with Crippen molar-refractivity contribution in [2.24, 2.45) is 0 Å². The van der Waals surface area contributed by atoms with E-state index in [9.17, 15) is 4.79 Å². The number of anilines is 1. The lowest BCUT2D eigenvalue weighted by molar-refractivity contribution is -0.118. The molecular formula is C19H22ClNO2. The van der Waals surface area contributed by atoms with Crippen LogP contribution in [-0.2, 0) is 11.4 Å². The lowest BCUT2D eigenvalue weighted by atomic mass is 10.1. The van der Waals surface area contributed by atoms with Crippen LogP contribution in [0.25, 0.3) is 0 Å². The van der Waals surface area contributed by atoms with Crippen LogP contribution < -0.4 is 9.64 Å². The molecule has 0 saturated heterocycles. The minimum absolute atomic E-state index is 0.0417. The molecule has 0 aliphatic rings. The first-order valence-corrected chi connectivity index (χ1v) is 8.05. The van der Waals surface area contributed by atoms with Gasteiger partial charge in [-0.2, -0.15) is 0 Å². The third-order valence-electron chi connectivity index (χ3n) is 3.83. The molecule has 0 aliphatic carbocycles. The molecule has 0 unspecified atom stereocenters. The first kappa shape index (κ1) is 17.4. The van der Waals surface area contributed by atoms with Gasteiger partial charge in [-0.3, -0.25) is 4.79 Å². The van der Waals surface area contributed by atoms with Crippen LogP contribution in [-0.4, -0.2) is 13.0 Å². The van der Waals surface area contributed by atoms with Gasteiger partial charge in [-0.15, -0.1) is 0 Å². The van der Waals surface area contributed by atoms with Gasteiger partial charge in [0, 0.05) is 24.1 Å². The van der Waals surface area contributed by atoms with Crippen LogP contribution in [0.3, 0.4) is 0 Å². The van der Waals surface area contributed by atoms with Crippen LogP contribution in [0.1, 0.15) is 30.0 Å². The van der Waals surface area contributed by atoms with E-state index in [1.54, 1.807) is 11.9 Å². The molecule has 0 radical (unpaired) electrons. The van der Waals surface area contributed by atoms with Crippen molar-refractivity contribution in [3.63, 3.8) is 0 Å². The fourth-order valence-corrected chi connectivity index (χ4v) is 2.71. The number of nitrogens with zero attached hydrogens (tertiary/aromatic N) is 1.